The van der Waals surface area contributed by atoms with Gasteiger partial charge in [-0.05, 0) is 84.2 Å². The van der Waals surface area contributed by atoms with Crippen molar-refractivity contribution in [3.05, 3.63) is 122 Å². The number of ether oxygens (including phenoxy) is 1. The molecule has 2 atom stereocenters. The van der Waals surface area contributed by atoms with E-state index in [0.29, 0.717) is 32.3 Å². The van der Waals surface area contributed by atoms with E-state index in [1.807, 2.05) is 51.1 Å². The van der Waals surface area contributed by atoms with Crippen molar-refractivity contribution in [3.8, 4) is 5.75 Å². The quantitative estimate of drug-likeness (QED) is 0.141. The molecule has 0 heterocycles. The lowest BCUT2D eigenvalue weighted by atomic mass is 10.0. The molecule has 12 heteroatoms. The highest BCUT2D eigenvalue weighted by molar-refractivity contribution is 9.10. The minimum Gasteiger partial charge on any atom is -0.496 e. The number of hydrogen-bond acceptors (Lipinski definition) is 5. The highest BCUT2D eigenvalue weighted by atomic mass is 79.9. The summed E-state index contributed by atoms with van der Waals surface area (Å²) in [6, 6.07) is 24.3. The first-order valence-electron chi connectivity index (χ1n) is 15.3. The Morgan fingerprint density at radius 2 is 1.58 bits per heavy atom. The molecule has 0 radical (unpaired) electrons. The van der Waals surface area contributed by atoms with E-state index in [9.17, 15) is 18.0 Å². The minimum atomic E-state index is -4.31. The Morgan fingerprint density at radius 3 is 2.17 bits per heavy atom. The van der Waals surface area contributed by atoms with Crippen molar-refractivity contribution in [1.82, 2.24) is 10.2 Å². The van der Waals surface area contributed by atoms with Gasteiger partial charge in [0.25, 0.3) is 10.0 Å². The van der Waals surface area contributed by atoms with E-state index in [-0.39, 0.29) is 35.5 Å². The molecular weight excluding hydrogens is 737 g/mol. The van der Waals surface area contributed by atoms with Crippen molar-refractivity contribution >= 4 is 66.7 Å². The van der Waals surface area contributed by atoms with E-state index in [2.05, 4.69) is 21.2 Å². The molecule has 0 saturated heterocycles. The molecule has 0 aromatic heterocycles. The normalized spacial score (nSPS) is 12.6. The SMILES string of the molecule is CC[C@H](C)NC(=O)[C@@H](Cc1ccccc1)N(Cc1c(Cl)cccc1Cl)C(=O)CN(c1ccc(C)cc1)S(=O)(=O)c1ccc(OC)c(Br)c1. The monoisotopic (exact) mass is 773 g/mol. The third kappa shape index (κ3) is 9.11. The number of halogens is 3. The van der Waals surface area contributed by atoms with Gasteiger partial charge in [-0.1, -0.05) is 84.2 Å². The van der Waals surface area contributed by atoms with Gasteiger partial charge in [0.05, 0.1) is 22.2 Å². The van der Waals surface area contributed by atoms with E-state index in [0.717, 1.165) is 15.4 Å². The van der Waals surface area contributed by atoms with Gasteiger partial charge in [-0.3, -0.25) is 13.9 Å². The first kappa shape index (κ1) is 37.3. The van der Waals surface area contributed by atoms with Crippen molar-refractivity contribution < 1.29 is 22.7 Å². The topological polar surface area (TPSA) is 96.0 Å². The van der Waals surface area contributed by atoms with Crippen LogP contribution in [0.15, 0.2) is 100 Å². The predicted molar refractivity (Wildman–Crippen MR) is 195 cm³/mol. The molecule has 4 aromatic carbocycles. The third-order valence-electron chi connectivity index (χ3n) is 7.97. The van der Waals surface area contributed by atoms with Crippen LogP contribution in [0.1, 0.15) is 37.0 Å². The Bertz CT molecular complexity index is 1820. The maximum atomic E-state index is 14.7. The Hall–Kier alpha value is -3.57. The Kier molecular flexibility index (Phi) is 13.0. The van der Waals surface area contributed by atoms with Gasteiger partial charge in [-0.15, -0.1) is 0 Å². The number of methoxy groups -OCH3 is 1. The molecule has 48 heavy (non-hydrogen) atoms. The highest BCUT2D eigenvalue weighted by Crippen LogP contribution is 2.32. The van der Waals surface area contributed by atoms with Crippen LogP contribution < -0.4 is 14.4 Å². The average molecular weight is 776 g/mol. The molecule has 0 aliphatic heterocycles. The van der Waals surface area contributed by atoms with Gasteiger partial charge in [0.2, 0.25) is 11.8 Å². The zero-order chi connectivity index (χ0) is 35.0. The summed E-state index contributed by atoms with van der Waals surface area (Å²) in [5.74, 6) is -0.553. The number of anilines is 1. The molecule has 1 N–H and O–H groups in total. The smallest absolute Gasteiger partial charge is 0.264 e. The number of amides is 2. The van der Waals surface area contributed by atoms with Gasteiger partial charge in [-0.25, -0.2) is 8.42 Å². The lowest BCUT2D eigenvalue weighted by molar-refractivity contribution is -0.140. The van der Waals surface area contributed by atoms with Crippen molar-refractivity contribution in [1.29, 1.82) is 0 Å². The van der Waals surface area contributed by atoms with E-state index in [1.165, 1.54) is 30.2 Å². The zero-order valence-electron chi connectivity index (χ0n) is 27.1. The largest absolute Gasteiger partial charge is 0.496 e. The molecule has 4 aromatic rings. The van der Waals surface area contributed by atoms with Crippen LogP contribution in [0.5, 0.6) is 5.75 Å². The van der Waals surface area contributed by atoms with Crippen molar-refractivity contribution in [2.75, 3.05) is 18.0 Å². The van der Waals surface area contributed by atoms with Gasteiger partial charge >= 0.3 is 0 Å². The molecule has 0 bridgehead atoms. The molecule has 0 aliphatic rings. The second kappa shape index (κ2) is 16.7. The molecule has 2 amide bonds. The van der Waals surface area contributed by atoms with Crippen LogP contribution in [-0.4, -0.2) is 50.9 Å². The molecule has 0 aliphatic carbocycles. The molecule has 254 valence electrons. The summed E-state index contributed by atoms with van der Waals surface area (Å²) in [7, 11) is -2.83. The zero-order valence-corrected chi connectivity index (χ0v) is 31.0. The second-order valence-corrected chi connectivity index (χ2v) is 14.9. The fraction of sp³-hybridized carbons (Fsp3) is 0.278. The van der Waals surface area contributed by atoms with Crippen molar-refractivity contribution in [3.63, 3.8) is 0 Å². The maximum Gasteiger partial charge on any atom is 0.264 e. The van der Waals surface area contributed by atoms with E-state index in [1.54, 1.807) is 42.5 Å². The van der Waals surface area contributed by atoms with Gasteiger partial charge in [0, 0.05) is 34.6 Å². The van der Waals surface area contributed by atoms with Crippen LogP contribution in [0, 0.1) is 6.92 Å². The Labute approximate surface area is 301 Å². The van der Waals surface area contributed by atoms with Gasteiger partial charge in [-0.2, -0.15) is 0 Å². The van der Waals surface area contributed by atoms with Gasteiger partial charge in [0.15, 0.2) is 0 Å². The number of sulfonamides is 1. The van der Waals surface area contributed by atoms with Crippen LogP contribution >= 0.6 is 39.1 Å². The number of benzene rings is 4. The van der Waals surface area contributed by atoms with Crippen LogP contribution in [0.2, 0.25) is 10.0 Å². The van der Waals surface area contributed by atoms with Crippen LogP contribution in [0.4, 0.5) is 5.69 Å². The van der Waals surface area contributed by atoms with E-state index < -0.39 is 28.5 Å². The summed E-state index contributed by atoms with van der Waals surface area (Å²) in [6.07, 6.45) is 0.838. The van der Waals surface area contributed by atoms with E-state index in [4.69, 9.17) is 27.9 Å². The summed E-state index contributed by atoms with van der Waals surface area (Å²) in [5.41, 5.74) is 2.44. The first-order chi connectivity index (χ1) is 22.8. The van der Waals surface area contributed by atoms with Crippen LogP contribution in [0.3, 0.4) is 0 Å². The fourth-order valence-corrected chi connectivity index (χ4v) is 7.67. The summed E-state index contributed by atoms with van der Waals surface area (Å²) < 4.78 is 35.5. The number of aryl methyl sites for hydroxylation is 1. The second-order valence-electron chi connectivity index (χ2n) is 11.4. The highest BCUT2D eigenvalue weighted by Gasteiger charge is 2.35. The summed E-state index contributed by atoms with van der Waals surface area (Å²) in [4.78, 5) is 30.0. The molecule has 4 rings (SSSR count). The molecule has 8 nitrogen and oxygen atoms in total. The lowest BCUT2D eigenvalue weighted by Gasteiger charge is -2.34. The minimum absolute atomic E-state index is 0.0559. The third-order valence-corrected chi connectivity index (χ3v) is 11.1. The van der Waals surface area contributed by atoms with Crippen molar-refractivity contribution in [2.45, 2.75) is 57.1 Å². The molecule has 0 saturated carbocycles. The van der Waals surface area contributed by atoms with Crippen molar-refractivity contribution in [2.24, 2.45) is 0 Å². The molecule has 0 unspecified atom stereocenters. The lowest BCUT2D eigenvalue weighted by Crippen LogP contribution is -2.54. The number of carbonyl (C=O) groups is 2. The standard InChI is InChI=1S/C36H38BrCl2N3O5S/c1-5-25(3)40-36(44)33(20-26-10-7-6-8-11-26)41(22-29-31(38)12-9-13-32(29)39)35(43)23-42(27-16-14-24(2)15-17-27)48(45,46)28-18-19-34(47-4)30(37)21-28/h6-19,21,25,33H,5,20,22-23H2,1-4H3,(H,40,44)/t25-,33+/m0/s1. The average Bonchev–Trinajstić information content (AvgIpc) is 3.07. The van der Waals surface area contributed by atoms with E-state index >= 15 is 0 Å². The molecule has 0 spiro atoms. The van der Waals surface area contributed by atoms with Gasteiger partial charge < -0.3 is 15.0 Å². The number of carbonyl (C=O) groups excluding carboxylic acids is 2. The Balaban J connectivity index is 1.85. The predicted octanol–water partition coefficient (Wildman–Crippen LogP) is 7.82. The summed E-state index contributed by atoms with van der Waals surface area (Å²) in [6.45, 7) is 4.96. The van der Waals surface area contributed by atoms with Gasteiger partial charge in [0.1, 0.15) is 18.3 Å². The van der Waals surface area contributed by atoms with Crippen LogP contribution in [0.25, 0.3) is 0 Å². The first-order valence-corrected chi connectivity index (χ1v) is 18.3. The number of nitrogens with one attached hydrogen (secondary N) is 1. The number of nitrogens with zero attached hydrogens (tertiary/aromatic N) is 2. The fourth-order valence-electron chi connectivity index (χ4n) is 5.02. The van der Waals surface area contributed by atoms with Crippen LogP contribution in [-0.2, 0) is 32.6 Å². The molecule has 0 fully saturated rings. The molecular formula is C36H38BrCl2N3O5S. The Morgan fingerprint density at radius 1 is 0.938 bits per heavy atom. The number of hydrogen-bond donors (Lipinski definition) is 1. The number of rotatable bonds is 14. The maximum absolute atomic E-state index is 14.7. The summed E-state index contributed by atoms with van der Waals surface area (Å²) >= 11 is 16.6. The summed E-state index contributed by atoms with van der Waals surface area (Å²) in [5, 5.41) is 3.64.